The van der Waals surface area contributed by atoms with Crippen LogP contribution in [0.1, 0.15) is 20.1 Å². The standard InChI is InChI=1S/C17H19N3O4S2/c1-19(10-9-13-5-3-2-4-6-13)17(22)15-8-7-14(25-15)11-20-12-16(21)18-26(20,23)24/h2-8H,9-12H2,1H3,(H,18,21). The largest absolute Gasteiger partial charge is 0.341 e. The van der Waals surface area contributed by atoms with Gasteiger partial charge in [-0.25, -0.2) is 4.72 Å². The number of nitrogens with one attached hydrogen (secondary N) is 1. The maximum atomic E-state index is 12.5. The lowest BCUT2D eigenvalue weighted by atomic mass is 10.1. The highest BCUT2D eigenvalue weighted by Gasteiger charge is 2.34. The number of hydrogen-bond acceptors (Lipinski definition) is 5. The van der Waals surface area contributed by atoms with Crippen LogP contribution >= 0.6 is 11.3 Å². The predicted molar refractivity (Wildman–Crippen MR) is 98.9 cm³/mol. The summed E-state index contributed by atoms with van der Waals surface area (Å²) in [5, 5.41) is 0. The fraction of sp³-hybridized carbons (Fsp3) is 0.294. The second-order valence-corrected chi connectivity index (χ2v) is 8.87. The van der Waals surface area contributed by atoms with Crippen molar-refractivity contribution in [3.63, 3.8) is 0 Å². The maximum absolute atomic E-state index is 12.5. The molecule has 0 atom stereocenters. The summed E-state index contributed by atoms with van der Waals surface area (Å²) in [5.74, 6) is -0.644. The van der Waals surface area contributed by atoms with Crippen molar-refractivity contribution in [3.8, 4) is 0 Å². The number of amides is 2. The van der Waals surface area contributed by atoms with Gasteiger partial charge in [-0.15, -0.1) is 11.3 Å². The molecule has 1 aliphatic rings. The normalized spacial score (nSPS) is 16.4. The number of benzene rings is 1. The van der Waals surface area contributed by atoms with E-state index in [-0.39, 0.29) is 19.0 Å². The fourth-order valence-electron chi connectivity index (χ4n) is 2.61. The molecule has 1 N–H and O–H groups in total. The Bertz CT molecular complexity index is 909. The zero-order chi connectivity index (χ0) is 18.7. The van der Waals surface area contributed by atoms with E-state index in [0.29, 0.717) is 16.3 Å². The summed E-state index contributed by atoms with van der Waals surface area (Å²) in [7, 11) is -2.01. The lowest BCUT2D eigenvalue weighted by molar-refractivity contribution is -0.118. The molecule has 26 heavy (non-hydrogen) atoms. The SMILES string of the molecule is CN(CCc1ccccc1)C(=O)c1ccc(CN2CC(=O)NS2(=O)=O)s1. The van der Waals surface area contributed by atoms with Crippen LogP contribution in [0.5, 0.6) is 0 Å². The Balaban J connectivity index is 1.60. The first-order valence-corrected chi connectivity index (χ1v) is 10.3. The van der Waals surface area contributed by atoms with Gasteiger partial charge in [0.1, 0.15) is 0 Å². The summed E-state index contributed by atoms with van der Waals surface area (Å²) in [4.78, 5) is 26.7. The molecule has 1 aromatic heterocycles. The number of carbonyl (C=O) groups excluding carboxylic acids is 2. The lowest BCUT2D eigenvalue weighted by Crippen LogP contribution is -2.29. The fourth-order valence-corrected chi connectivity index (χ4v) is 4.79. The highest BCUT2D eigenvalue weighted by molar-refractivity contribution is 7.88. The minimum absolute atomic E-state index is 0.0761. The molecule has 1 saturated heterocycles. The molecule has 1 fully saturated rings. The smallest absolute Gasteiger partial charge is 0.304 e. The van der Waals surface area contributed by atoms with Gasteiger partial charge >= 0.3 is 10.2 Å². The van der Waals surface area contributed by atoms with E-state index in [1.165, 1.54) is 11.3 Å². The molecular weight excluding hydrogens is 374 g/mol. The third-order valence-corrected chi connectivity index (χ3v) is 6.51. The zero-order valence-electron chi connectivity index (χ0n) is 14.2. The molecule has 1 aromatic carbocycles. The third kappa shape index (κ3) is 4.29. The zero-order valence-corrected chi connectivity index (χ0v) is 15.8. The molecule has 138 valence electrons. The van der Waals surface area contributed by atoms with Crippen LogP contribution in [0.2, 0.25) is 0 Å². The van der Waals surface area contributed by atoms with E-state index in [1.807, 2.05) is 35.1 Å². The second-order valence-electron chi connectivity index (χ2n) is 6.03. The van der Waals surface area contributed by atoms with Crippen molar-refractivity contribution in [2.75, 3.05) is 20.1 Å². The van der Waals surface area contributed by atoms with Gasteiger partial charge in [0.05, 0.1) is 18.0 Å². The summed E-state index contributed by atoms with van der Waals surface area (Å²) < 4.78 is 26.5. The number of likely N-dealkylation sites (N-methyl/N-ethyl adjacent to an activating group) is 1. The minimum atomic E-state index is -3.76. The number of rotatable bonds is 6. The maximum Gasteiger partial charge on any atom is 0.304 e. The first-order valence-electron chi connectivity index (χ1n) is 8.04. The van der Waals surface area contributed by atoms with E-state index in [2.05, 4.69) is 0 Å². The van der Waals surface area contributed by atoms with Gasteiger partial charge in [-0.2, -0.15) is 12.7 Å². The Kier molecular flexibility index (Phi) is 5.40. The van der Waals surface area contributed by atoms with Gasteiger partial charge in [0, 0.05) is 18.5 Å². The highest BCUT2D eigenvalue weighted by Crippen LogP contribution is 2.22. The van der Waals surface area contributed by atoms with E-state index in [4.69, 9.17) is 0 Å². The Hall–Kier alpha value is -2.23. The van der Waals surface area contributed by atoms with Crippen LogP contribution < -0.4 is 4.72 Å². The van der Waals surface area contributed by atoms with Gasteiger partial charge in [0.25, 0.3) is 5.91 Å². The second kappa shape index (κ2) is 7.56. The van der Waals surface area contributed by atoms with Crippen molar-refractivity contribution in [2.45, 2.75) is 13.0 Å². The Labute approximate surface area is 156 Å². The highest BCUT2D eigenvalue weighted by atomic mass is 32.2. The molecular formula is C17H19N3O4S2. The van der Waals surface area contributed by atoms with E-state index >= 15 is 0 Å². The molecule has 7 nitrogen and oxygen atoms in total. The van der Waals surface area contributed by atoms with Gasteiger partial charge < -0.3 is 4.90 Å². The molecule has 0 spiro atoms. The van der Waals surface area contributed by atoms with Gasteiger partial charge in [0.15, 0.2) is 0 Å². The van der Waals surface area contributed by atoms with E-state index in [1.54, 1.807) is 24.1 Å². The molecule has 9 heteroatoms. The molecule has 2 heterocycles. The topological polar surface area (TPSA) is 86.8 Å². The molecule has 0 unspecified atom stereocenters. The quantitative estimate of drug-likeness (QED) is 0.800. The monoisotopic (exact) mass is 393 g/mol. The molecule has 0 aliphatic carbocycles. The number of carbonyl (C=O) groups is 2. The Morgan fingerprint density at radius 1 is 1.23 bits per heavy atom. The van der Waals surface area contributed by atoms with Gasteiger partial charge in [0.2, 0.25) is 5.91 Å². The minimum Gasteiger partial charge on any atom is -0.341 e. The summed E-state index contributed by atoms with van der Waals surface area (Å²) in [5.41, 5.74) is 1.16. The van der Waals surface area contributed by atoms with Crippen LogP contribution in [-0.4, -0.2) is 49.6 Å². The molecule has 2 amide bonds. The van der Waals surface area contributed by atoms with Crippen molar-refractivity contribution < 1.29 is 18.0 Å². The van der Waals surface area contributed by atoms with Gasteiger partial charge in [-0.1, -0.05) is 30.3 Å². The number of hydrogen-bond donors (Lipinski definition) is 1. The average Bonchev–Trinajstić information content (AvgIpc) is 3.17. The van der Waals surface area contributed by atoms with E-state index in [9.17, 15) is 18.0 Å². The van der Waals surface area contributed by atoms with Crippen molar-refractivity contribution in [1.29, 1.82) is 0 Å². The Morgan fingerprint density at radius 2 is 1.96 bits per heavy atom. The predicted octanol–water partition coefficient (Wildman–Crippen LogP) is 1.24. The summed E-state index contributed by atoms with van der Waals surface area (Å²) in [6, 6.07) is 13.3. The van der Waals surface area contributed by atoms with Crippen molar-refractivity contribution in [1.82, 2.24) is 13.9 Å². The summed E-state index contributed by atoms with van der Waals surface area (Å²) in [6.07, 6.45) is 0.765. The third-order valence-electron chi connectivity index (χ3n) is 4.03. The van der Waals surface area contributed by atoms with Crippen LogP contribution in [0.3, 0.4) is 0 Å². The van der Waals surface area contributed by atoms with E-state index in [0.717, 1.165) is 16.3 Å². The number of thiophene rings is 1. The molecule has 0 bridgehead atoms. The molecule has 0 radical (unpaired) electrons. The first-order chi connectivity index (χ1) is 12.3. The molecule has 0 saturated carbocycles. The Morgan fingerprint density at radius 3 is 2.62 bits per heavy atom. The van der Waals surface area contributed by atoms with Crippen LogP contribution in [0.4, 0.5) is 0 Å². The average molecular weight is 393 g/mol. The number of nitrogens with zero attached hydrogens (tertiary/aromatic N) is 2. The molecule has 3 rings (SSSR count). The van der Waals surface area contributed by atoms with Crippen LogP contribution in [0.15, 0.2) is 42.5 Å². The lowest BCUT2D eigenvalue weighted by Gasteiger charge is -2.16. The van der Waals surface area contributed by atoms with Crippen LogP contribution in [0.25, 0.3) is 0 Å². The van der Waals surface area contributed by atoms with E-state index < -0.39 is 16.1 Å². The van der Waals surface area contributed by atoms with Gasteiger partial charge in [-0.05, 0) is 24.1 Å². The summed E-state index contributed by atoms with van der Waals surface area (Å²) >= 11 is 1.24. The van der Waals surface area contributed by atoms with Crippen LogP contribution in [0, 0.1) is 0 Å². The van der Waals surface area contributed by atoms with Crippen molar-refractivity contribution in [3.05, 3.63) is 57.8 Å². The van der Waals surface area contributed by atoms with Gasteiger partial charge in [-0.3, -0.25) is 9.59 Å². The van der Waals surface area contributed by atoms with Crippen molar-refractivity contribution >= 4 is 33.4 Å². The summed E-state index contributed by atoms with van der Waals surface area (Å²) in [6.45, 7) is 0.474. The first kappa shape index (κ1) is 18.6. The van der Waals surface area contributed by atoms with Crippen molar-refractivity contribution in [2.24, 2.45) is 0 Å². The molecule has 2 aromatic rings. The molecule has 1 aliphatic heterocycles. The van der Waals surface area contributed by atoms with Crippen LogP contribution in [-0.2, 0) is 28.0 Å².